The van der Waals surface area contributed by atoms with Gasteiger partial charge in [-0.25, -0.2) is 0 Å². The van der Waals surface area contributed by atoms with Gasteiger partial charge in [-0.2, -0.15) is 0 Å². The van der Waals surface area contributed by atoms with Gasteiger partial charge in [0.15, 0.2) is 0 Å². The maximum absolute atomic E-state index is 9.70. The van der Waals surface area contributed by atoms with Gasteiger partial charge in [-0.15, -0.1) is 0 Å². The number of hydrogen-bond acceptors (Lipinski definition) is 2. The van der Waals surface area contributed by atoms with Crippen LogP contribution in [0, 0.1) is 0 Å². The van der Waals surface area contributed by atoms with E-state index in [1.807, 2.05) is 12.1 Å². The fourth-order valence-corrected chi connectivity index (χ4v) is 1.20. The molecule has 0 amide bonds. The predicted molar refractivity (Wildman–Crippen MR) is 55.7 cm³/mol. The molecule has 2 N–H and O–H groups in total. The van der Waals surface area contributed by atoms with Crippen molar-refractivity contribution in [1.82, 2.24) is 5.32 Å². The fraction of sp³-hybridized carbons (Fsp3) is 0.200. The number of benzene rings is 1. The van der Waals surface area contributed by atoms with Gasteiger partial charge in [-0.3, -0.25) is 0 Å². The predicted octanol–water partition coefficient (Wildman–Crippen LogP) is 2.81. The highest BCUT2D eigenvalue weighted by atomic mass is 35.5. The summed E-state index contributed by atoms with van der Waals surface area (Å²) >= 11 is 5.90. The van der Waals surface area contributed by atoms with Crippen molar-refractivity contribution in [3.8, 4) is 0 Å². The van der Waals surface area contributed by atoms with Gasteiger partial charge in [0.2, 0.25) is 0 Å². The van der Waals surface area contributed by atoms with Crippen molar-refractivity contribution in [3.63, 3.8) is 0 Å². The number of aliphatic hydroxyl groups is 1. The highest BCUT2D eigenvalue weighted by Gasteiger charge is 2.05. The van der Waals surface area contributed by atoms with Crippen LogP contribution in [0.2, 0.25) is 5.02 Å². The Morgan fingerprint density at radius 3 is 2.54 bits per heavy atom. The molecular weight excluding hydrogens is 186 g/mol. The van der Waals surface area contributed by atoms with Crippen LogP contribution in [0.5, 0.6) is 0 Å². The number of allylic oxidation sites excluding steroid dienone is 1. The van der Waals surface area contributed by atoms with Gasteiger partial charge < -0.3 is 10.4 Å². The van der Waals surface area contributed by atoms with Gasteiger partial charge in [-0.1, -0.05) is 23.7 Å². The Kier molecular flexibility index (Phi) is 3.20. The number of rotatable bonds is 2. The Morgan fingerprint density at radius 1 is 1.38 bits per heavy atom. The molecule has 0 aliphatic rings. The van der Waals surface area contributed by atoms with Crippen molar-refractivity contribution in [2.75, 3.05) is 7.05 Å². The quantitative estimate of drug-likeness (QED) is 0.715. The average Bonchev–Trinajstić information content (AvgIpc) is 2.16. The molecule has 1 rings (SSSR count). The first-order valence-corrected chi connectivity index (χ1v) is 4.37. The van der Waals surface area contributed by atoms with Crippen LogP contribution in [0.4, 0.5) is 0 Å². The standard InChI is InChI=1S/C10H12ClNO/c1-7(12-2)10(13)8-5-3-4-6-9(8)11/h3-6,12-13H,1-2H3/b10-7-. The minimum absolute atomic E-state index is 0.188. The summed E-state index contributed by atoms with van der Waals surface area (Å²) in [4.78, 5) is 0. The van der Waals surface area contributed by atoms with Gasteiger partial charge >= 0.3 is 0 Å². The largest absolute Gasteiger partial charge is 0.505 e. The Balaban J connectivity index is 3.16. The molecule has 2 nitrogen and oxygen atoms in total. The molecule has 0 aromatic heterocycles. The maximum atomic E-state index is 9.70. The third-order valence-corrected chi connectivity index (χ3v) is 2.19. The highest BCUT2D eigenvalue weighted by Crippen LogP contribution is 2.22. The molecule has 70 valence electrons. The van der Waals surface area contributed by atoms with Gasteiger partial charge in [0.1, 0.15) is 5.76 Å². The van der Waals surface area contributed by atoms with Gasteiger partial charge in [-0.05, 0) is 19.1 Å². The molecule has 1 aromatic rings. The van der Waals surface area contributed by atoms with E-state index in [1.165, 1.54) is 0 Å². The zero-order valence-corrected chi connectivity index (χ0v) is 8.39. The van der Waals surface area contributed by atoms with E-state index >= 15 is 0 Å². The van der Waals surface area contributed by atoms with Crippen molar-refractivity contribution >= 4 is 17.4 Å². The summed E-state index contributed by atoms with van der Waals surface area (Å²) in [7, 11) is 1.75. The molecular formula is C10H12ClNO. The van der Waals surface area contributed by atoms with E-state index in [-0.39, 0.29) is 5.76 Å². The van der Waals surface area contributed by atoms with Crippen LogP contribution >= 0.6 is 11.6 Å². The van der Waals surface area contributed by atoms with E-state index in [0.29, 0.717) is 16.3 Å². The Labute approximate surface area is 82.8 Å². The second kappa shape index (κ2) is 4.19. The molecule has 1 aromatic carbocycles. The lowest BCUT2D eigenvalue weighted by Crippen LogP contribution is -2.05. The lowest BCUT2D eigenvalue weighted by molar-refractivity contribution is 0.502. The third-order valence-electron chi connectivity index (χ3n) is 1.86. The Hall–Kier alpha value is -1.15. The lowest BCUT2D eigenvalue weighted by atomic mass is 10.1. The van der Waals surface area contributed by atoms with Crippen molar-refractivity contribution in [1.29, 1.82) is 0 Å². The minimum Gasteiger partial charge on any atom is -0.505 e. The Morgan fingerprint density at radius 2 is 2.00 bits per heavy atom. The molecule has 0 atom stereocenters. The van der Waals surface area contributed by atoms with E-state index in [2.05, 4.69) is 5.32 Å². The molecule has 0 saturated heterocycles. The summed E-state index contributed by atoms with van der Waals surface area (Å²) in [6, 6.07) is 7.18. The normalized spacial score (nSPS) is 12.2. The van der Waals surface area contributed by atoms with Crippen LogP contribution in [-0.4, -0.2) is 12.2 Å². The van der Waals surface area contributed by atoms with Crippen LogP contribution in [0.1, 0.15) is 12.5 Å². The first kappa shape index (κ1) is 9.93. The fourth-order valence-electron chi connectivity index (χ4n) is 0.974. The molecule has 0 bridgehead atoms. The zero-order valence-electron chi connectivity index (χ0n) is 7.63. The van der Waals surface area contributed by atoms with Crippen molar-refractivity contribution in [2.45, 2.75) is 6.92 Å². The zero-order chi connectivity index (χ0) is 9.84. The van der Waals surface area contributed by atoms with E-state index in [4.69, 9.17) is 11.6 Å². The minimum atomic E-state index is 0.188. The summed E-state index contributed by atoms with van der Waals surface area (Å²) in [5.74, 6) is 0.188. The first-order valence-electron chi connectivity index (χ1n) is 3.99. The molecule has 0 fully saturated rings. The van der Waals surface area contributed by atoms with Crippen LogP contribution < -0.4 is 5.32 Å². The summed E-state index contributed by atoms with van der Waals surface area (Å²) in [6.45, 7) is 1.79. The van der Waals surface area contributed by atoms with Crippen LogP contribution in [0.3, 0.4) is 0 Å². The SMILES string of the molecule is CN/C(C)=C(\O)c1ccccc1Cl. The molecule has 3 heteroatoms. The number of aliphatic hydroxyl groups excluding tert-OH is 1. The summed E-state index contributed by atoms with van der Waals surface area (Å²) in [5, 5.41) is 13.1. The topological polar surface area (TPSA) is 32.3 Å². The lowest BCUT2D eigenvalue weighted by Gasteiger charge is -2.06. The monoisotopic (exact) mass is 197 g/mol. The molecule has 0 aliphatic carbocycles. The van der Waals surface area contributed by atoms with Crippen LogP contribution in [0.15, 0.2) is 30.0 Å². The number of hydrogen-bond donors (Lipinski definition) is 2. The number of halogens is 1. The van der Waals surface area contributed by atoms with Gasteiger partial charge in [0.25, 0.3) is 0 Å². The second-order valence-corrected chi connectivity index (χ2v) is 3.11. The van der Waals surface area contributed by atoms with E-state index in [0.717, 1.165) is 0 Å². The van der Waals surface area contributed by atoms with E-state index in [1.54, 1.807) is 26.1 Å². The average molecular weight is 198 g/mol. The summed E-state index contributed by atoms with van der Waals surface area (Å²) in [6.07, 6.45) is 0. The highest BCUT2D eigenvalue weighted by molar-refractivity contribution is 6.32. The Bertz CT molecular complexity index is 333. The van der Waals surface area contributed by atoms with Crippen molar-refractivity contribution in [3.05, 3.63) is 40.5 Å². The summed E-state index contributed by atoms with van der Waals surface area (Å²) < 4.78 is 0. The van der Waals surface area contributed by atoms with E-state index in [9.17, 15) is 5.11 Å². The smallest absolute Gasteiger partial charge is 0.142 e. The summed E-state index contributed by atoms with van der Waals surface area (Å²) in [5.41, 5.74) is 1.35. The van der Waals surface area contributed by atoms with Gasteiger partial charge in [0.05, 0.1) is 10.7 Å². The third kappa shape index (κ3) is 2.16. The molecule has 0 spiro atoms. The van der Waals surface area contributed by atoms with Crippen molar-refractivity contribution < 1.29 is 5.11 Å². The van der Waals surface area contributed by atoms with Crippen LogP contribution in [0.25, 0.3) is 5.76 Å². The van der Waals surface area contributed by atoms with Gasteiger partial charge in [0, 0.05) is 12.6 Å². The van der Waals surface area contributed by atoms with E-state index < -0.39 is 0 Å². The molecule has 0 aliphatic heterocycles. The van der Waals surface area contributed by atoms with Crippen molar-refractivity contribution in [2.24, 2.45) is 0 Å². The number of nitrogens with one attached hydrogen (secondary N) is 1. The maximum Gasteiger partial charge on any atom is 0.142 e. The first-order chi connectivity index (χ1) is 6.16. The molecule has 0 unspecified atom stereocenters. The molecule has 0 saturated carbocycles. The second-order valence-electron chi connectivity index (χ2n) is 2.70. The molecule has 0 heterocycles. The molecule has 13 heavy (non-hydrogen) atoms. The molecule has 0 radical (unpaired) electrons. The van der Waals surface area contributed by atoms with Crippen LogP contribution in [-0.2, 0) is 0 Å².